The average molecular weight is 216 g/mol. The molecule has 0 heterocycles. The molecule has 0 rings (SSSR count). The van der Waals surface area contributed by atoms with Crippen molar-refractivity contribution < 1.29 is 9.53 Å². The van der Waals surface area contributed by atoms with Crippen LogP contribution in [0.1, 0.15) is 26.7 Å². The van der Waals surface area contributed by atoms with Crippen LogP contribution in [-0.4, -0.2) is 50.7 Å². The highest BCUT2D eigenvalue weighted by Gasteiger charge is 2.19. The first-order chi connectivity index (χ1) is 7.19. The Balaban J connectivity index is 4.14. The molecule has 0 aromatic heterocycles. The summed E-state index contributed by atoms with van der Waals surface area (Å²) in [7, 11) is 3.22. The topological polar surface area (TPSA) is 41.6 Å². The van der Waals surface area contributed by atoms with Gasteiger partial charge in [-0.15, -0.1) is 0 Å². The smallest absolute Gasteiger partial charge is 0.324 e. The zero-order chi connectivity index (χ0) is 11.7. The second kappa shape index (κ2) is 8.68. The van der Waals surface area contributed by atoms with Gasteiger partial charge in [-0.2, -0.15) is 0 Å². The standard InChI is InChI=1S/C11H24N2O2/c1-5-7-13(8-6-2)9-10(12-3)11(14)15-4/h10,12H,5-9H2,1-4H3. The molecule has 0 aromatic rings. The van der Waals surface area contributed by atoms with Crippen molar-refractivity contribution in [1.29, 1.82) is 0 Å². The number of likely N-dealkylation sites (N-methyl/N-ethyl adjacent to an activating group) is 1. The monoisotopic (exact) mass is 216 g/mol. The van der Waals surface area contributed by atoms with Crippen LogP contribution in [0.25, 0.3) is 0 Å². The van der Waals surface area contributed by atoms with Crippen LogP contribution in [0.4, 0.5) is 0 Å². The molecule has 15 heavy (non-hydrogen) atoms. The number of ether oxygens (including phenoxy) is 1. The lowest BCUT2D eigenvalue weighted by Gasteiger charge is -2.25. The Kier molecular flexibility index (Phi) is 8.33. The molecule has 0 aliphatic heterocycles. The third kappa shape index (κ3) is 5.74. The molecule has 0 bridgehead atoms. The molecular formula is C11H24N2O2. The van der Waals surface area contributed by atoms with Crippen LogP contribution in [0.5, 0.6) is 0 Å². The molecular weight excluding hydrogens is 192 g/mol. The number of rotatable bonds is 8. The van der Waals surface area contributed by atoms with Crippen molar-refractivity contribution >= 4 is 5.97 Å². The van der Waals surface area contributed by atoms with Crippen LogP contribution in [0.15, 0.2) is 0 Å². The number of nitrogens with one attached hydrogen (secondary N) is 1. The predicted molar refractivity (Wildman–Crippen MR) is 61.9 cm³/mol. The largest absolute Gasteiger partial charge is 0.468 e. The molecule has 1 atom stereocenters. The summed E-state index contributed by atoms with van der Waals surface area (Å²) in [5.74, 6) is -0.185. The van der Waals surface area contributed by atoms with E-state index in [0.29, 0.717) is 0 Å². The number of hydrogen-bond donors (Lipinski definition) is 1. The van der Waals surface area contributed by atoms with Crippen molar-refractivity contribution in [1.82, 2.24) is 10.2 Å². The highest BCUT2D eigenvalue weighted by molar-refractivity contribution is 5.75. The minimum Gasteiger partial charge on any atom is -0.468 e. The first-order valence-electron chi connectivity index (χ1n) is 5.66. The Morgan fingerprint density at radius 1 is 1.33 bits per heavy atom. The van der Waals surface area contributed by atoms with Gasteiger partial charge in [0.1, 0.15) is 6.04 Å². The third-order valence-electron chi connectivity index (χ3n) is 2.35. The number of esters is 1. The molecule has 1 N–H and O–H groups in total. The van der Waals surface area contributed by atoms with Crippen molar-refractivity contribution in [2.45, 2.75) is 32.7 Å². The van der Waals surface area contributed by atoms with Gasteiger partial charge in [-0.25, -0.2) is 0 Å². The molecule has 4 nitrogen and oxygen atoms in total. The molecule has 0 aromatic carbocycles. The van der Waals surface area contributed by atoms with E-state index in [1.54, 1.807) is 7.05 Å². The predicted octanol–water partition coefficient (Wildman–Crippen LogP) is 0.869. The van der Waals surface area contributed by atoms with Crippen molar-refractivity contribution in [3.05, 3.63) is 0 Å². The lowest BCUT2D eigenvalue weighted by Crippen LogP contribution is -2.45. The van der Waals surface area contributed by atoms with Crippen molar-refractivity contribution in [2.75, 3.05) is 33.8 Å². The molecule has 90 valence electrons. The molecule has 0 fully saturated rings. The second-order valence-electron chi connectivity index (χ2n) is 3.67. The fourth-order valence-corrected chi connectivity index (χ4v) is 1.61. The van der Waals surface area contributed by atoms with Gasteiger partial charge in [0.15, 0.2) is 0 Å². The van der Waals surface area contributed by atoms with E-state index >= 15 is 0 Å². The Labute approximate surface area is 93.0 Å². The maximum absolute atomic E-state index is 11.4. The first-order valence-corrected chi connectivity index (χ1v) is 5.66. The van der Waals surface area contributed by atoms with Crippen LogP contribution in [0.3, 0.4) is 0 Å². The van der Waals surface area contributed by atoms with Gasteiger partial charge in [0, 0.05) is 6.54 Å². The van der Waals surface area contributed by atoms with Crippen LogP contribution in [-0.2, 0) is 9.53 Å². The summed E-state index contributed by atoms with van der Waals surface area (Å²) in [6.07, 6.45) is 2.22. The fraction of sp³-hybridized carbons (Fsp3) is 0.909. The maximum Gasteiger partial charge on any atom is 0.324 e. The van der Waals surface area contributed by atoms with E-state index in [1.165, 1.54) is 7.11 Å². The summed E-state index contributed by atoms with van der Waals surface area (Å²) >= 11 is 0. The van der Waals surface area contributed by atoms with Gasteiger partial charge >= 0.3 is 5.97 Å². The Bertz CT molecular complexity index is 168. The van der Waals surface area contributed by atoms with Gasteiger partial charge in [-0.05, 0) is 33.0 Å². The molecule has 0 aliphatic carbocycles. The number of carbonyl (C=O) groups is 1. The average Bonchev–Trinajstić information content (AvgIpc) is 2.25. The van der Waals surface area contributed by atoms with E-state index in [9.17, 15) is 4.79 Å². The fourth-order valence-electron chi connectivity index (χ4n) is 1.61. The lowest BCUT2D eigenvalue weighted by molar-refractivity contribution is -0.143. The Morgan fingerprint density at radius 3 is 2.20 bits per heavy atom. The quantitative estimate of drug-likeness (QED) is 0.611. The van der Waals surface area contributed by atoms with Gasteiger partial charge in [-0.3, -0.25) is 4.79 Å². The number of methoxy groups -OCH3 is 1. The summed E-state index contributed by atoms with van der Waals surface area (Å²) in [6.45, 7) is 7.08. The number of nitrogens with zero attached hydrogens (tertiary/aromatic N) is 1. The highest BCUT2D eigenvalue weighted by Crippen LogP contribution is 1.98. The van der Waals surface area contributed by atoms with E-state index in [0.717, 1.165) is 32.5 Å². The van der Waals surface area contributed by atoms with E-state index in [1.807, 2.05) is 0 Å². The van der Waals surface area contributed by atoms with Gasteiger partial charge < -0.3 is 15.0 Å². The van der Waals surface area contributed by atoms with E-state index in [2.05, 4.69) is 24.1 Å². The van der Waals surface area contributed by atoms with Crippen LogP contribution in [0, 0.1) is 0 Å². The highest BCUT2D eigenvalue weighted by atomic mass is 16.5. The van der Waals surface area contributed by atoms with Gasteiger partial charge in [0.05, 0.1) is 7.11 Å². The molecule has 0 amide bonds. The maximum atomic E-state index is 11.4. The van der Waals surface area contributed by atoms with E-state index in [-0.39, 0.29) is 12.0 Å². The van der Waals surface area contributed by atoms with Gasteiger partial charge in [0.25, 0.3) is 0 Å². The Hall–Kier alpha value is -0.610. The van der Waals surface area contributed by atoms with Crippen LogP contribution < -0.4 is 5.32 Å². The SMILES string of the molecule is CCCN(CCC)CC(NC)C(=O)OC. The van der Waals surface area contributed by atoms with E-state index in [4.69, 9.17) is 4.74 Å². The molecule has 1 unspecified atom stereocenters. The van der Waals surface area contributed by atoms with E-state index < -0.39 is 0 Å². The summed E-state index contributed by atoms with van der Waals surface area (Å²) < 4.78 is 4.73. The lowest BCUT2D eigenvalue weighted by atomic mass is 10.2. The van der Waals surface area contributed by atoms with Gasteiger partial charge in [0.2, 0.25) is 0 Å². The number of hydrogen-bond acceptors (Lipinski definition) is 4. The molecule has 0 spiro atoms. The van der Waals surface area contributed by atoms with Crippen molar-refractivity contribution in [3.8, 4) is 0 Å². The minimum absolute atomic E-state index is 0.185. The van der Waals surface area contributed by atoms with Crippen molar-refractivity contribution in [3.63, 3.8) is 0 Å². The van der Waals surface area contributed by atoms with Crippen LogP contribution >= 0.6 is 0 Å². The molecule has 0 aliphatic rings. The molecule has 0 radical (unpaired) electrons. The summed E-state index contributed by atoms with van der Waals surface area (Å²) in [5.41, 5.74) is 0. The molecule has 4 heteroatoms. The summed E-state index contributed by atoms with van der Waals surface area (Å²) in [6, 6.07) is -0.215. The summed E-state index contributed by atoms with van der Waals surface area (Å²) in [4.78, 5) is 13.7. The normalized spacial score (nSPS) is 12.9. The first kappa shape index (κ1) is 14.4. The third-order valence-corrected chi connectivity index (χ3v) is 2.35. The second-order valence-corrected chi connectivity index (χ2v) is 3.67. The minimum atomic E-state index is -0.215. The molecule has 0 saturated carbocycles. The zero-order valence-electron chi connectivity index (χ0n) is 10.4. The van der Waals surface area contributed by atoms with Crippen LogP contribution in [0.2, 0.25) is 0 Å². The van der Waals surface area contributed by atoms with Crippen molar-refractivity contribution in [2.24, 2.45) is 0 Å². The zero-order valence-corrected chi connectivity index (χ0v) is 10.4. The molecule has 0 saturated heterocycles. The number of carbonyl (C=O) groups excluding carboxylic acids is 1. The summed E-state index contributed by atoms with van der Waals surface area (Å²) in [5, 5.41) is 2.98. The van der Waals surface area contributed by atoms with Gasteiger partial charge in [-0.1, -0.05) is 13.8 Å². The Morgan fingerprint density at radius 2 is 1.87 bits per heavy atom.